The minimum Gasteiger partial charge on any atom is -0.491 e. The molecule has 0 aliphatic heterocycles. The molecule has 0 saturated heterocycles. The average molecular weight is 307 g/mol. The van der Waals surface area contributed by atoms with E-state index < -0.39 is 6.10 Å². The molecule has 0 bridgehead atoms. The molecule has 1 atom stereocenters. The van der Waals surface area contributed by atoms with Crippen LogP contribution in [-0.2, 0) is 0 Å². The maximum absolute atomic E-state index is 11.5. The predicted octanol–water partition coefficient (Wildman–Crippen LogP) is 3.14. The van der Waals surface area contributed by atoms with Crippen molar-refractivity contribution in [3.63, 3.8) is 0 Å². The second-order valence-electron chi connectivity index (χ2n) is 5.57. The standard InChI is InChI=1S/C18H29NO3/c1-4-11-19(12-5-2)13-16(20)14-22-17-9-7-15(8-10-17)18(21)6-3/h7-10,16,20H,4-6,11-14H2,1-3H3/t16-/m0/s1. The Morgan fingerprint density at radius 1 is 1.14 bits per heavy atom. The summed E-state index contributed by atoms with van der Waals surface area (Å²) in [5, 5.41) is 10.1. The van der Waals surface area contributed by atoms with Gasteiger partial charge in [-0.15, -0.1) is 0 Å². The van der Waals surface area contributed by atoms with Crippen molar-refractivity contribution in [2.24, 2.45) is 0 Å². The van der Waals surface area contributed by atoms with E-state index in [1.807, 2.05) is 6.92 Å². The first-order valence-corrected chi connectivity index (χ1v) is 8.27. The first-order valence-electron chi connectivity index (χ1n) is 8.27. The second-order valence-corrected chi connectivity index (χ2v) is 5.57. The Kier molecular flexibility index (Phi) is 8.78. The summed E-state index contributed by atoms with van der Waals surface area (Å²) in [6.07, 6.45) is 2.17. The van der Waals surface area contributed by atoms with Gasteiger partial charge in [-0.1, -0.05) is 20.8 Å². The molecule has 0 fully saturated rings. The topological polar surface area (TPSA) is 49.8 Å². The van der Waals surface area contributed by atoms with Crippen molar-refractivity contribution < 1.29 is 14.6 Å². The Bertz CT molecular complexity index is 424. The van der Waals surface area contributed by atoms with E-state index in [9.17, 15) is 9.90 Å². The Morgan fingerprint density at radius 3 is 2.23 bits per heavy atom. The van der Waals surface area contributed by atoms with Crippen molar-refractivity contribution in [1.82, 2.24) is 4.90 Å². The van der Waals surface area contributed by atoms with Crippen LogP contribution in [0, 0.1) is 0 Å². The highest BCUT2D eigenvalue weighted by Crippen LogP contribution is 2.14. The largest absolute Gasteiger partial charge is 0.491 e. The second kappa shape index (κ2) is 10.4. The molecule has 4 nitrogen and oxygen atoms in total. The molecule has 0 spiro atoms. The number of carbonyl (C=O) groups excluding carboxylic acids is 1. The van der Waals surface area contributed by atoms with Gasteiger partial charge in [0.05, 0.1) is 0 Å². The average Bonchev–Trinajstić information content (AvgIpc) is 2.53. The number of rotatable bonds is 11. The van der Waals surface area contributed by atoms with Crippen LogP contribution >= 0.6 is 0 Å². The zero-order valence-electron chi connectivity index (χ0n) is 14.0. The Hall–Kier alpha value is -1.39. The van der Waals surface area contributed by atoms with E-state index in [-0.39, 0.29) is 12.4 Å². The van der Waals surface area contributed by atoms with Crippen LogP contribution in [0.15, 0.2) is 24.3 Å². The molecule has 0 aromatic heterocycles. The van der Waals surface area contributed by atoms with E-state index in [2.05, 4.69) is 18.7 Å². The molecule has 0 saturated carbocycles. The summed E-state index contributed by atoms with van der Waals surface area (Å²) in [6.45, 7) is 9.04. The molecule has 0 radical (unpaired) electrons. The summed E-state index contributed by atoms with van der Waals surface area (Å²) in [7, 11) is 0. The molecule has 0 heterocycles. The van der Waals surface area contributed by atoms with E-state index in [0.717, 1.165) is 25.9 Å². The van der Waals surface area contributed by atoms with E-state index in [1.54, 1.807) is 24.3 Å². The third-order valence-electron chi connectivity index (χ3n) is 3.49. The number of carbonyl (C=O) groups is 1. The molecular formula is C18H29NO3. The monoisotopic (exact) mass is 307 g/mol. The molecule has 124 valence electrons. The van der Waals surface area contributed by atoms with Crippen molar-refractivity contribution in [1.29, 1.82) is 0 Å². The van der Waals surface area contributed by atoms with Crippen molar-refractivity contribution in [3.8, 4) is 5.75 Å². The van der Waals surface area contributed by atoms with Crippen LogP contribution in [0.25, 0.3) is 0 Å². The van der Waals surface area contributed by atoms with Gasteiger partial charge in [0.15, 0.2) is 5.78 Å². The molecule has 1 aromatic carbocycles. The zero-order chi connectivity index (χ0) is 16.4. The molecule has 0 amide bonds. The summed E-state index contributed by atoms with van der Waals surface area (Å²) in [4.78, 5) is 13.8. The maximum atomic E-state index is 11.5. The lowest BCUT2D eigenvalue weighted by atomic mass is 10.1. The van der Waals surface area contributed by atoms with E-state index in [4.69, 9.17) is 4.74 Å². The van der Waals surface area contributed by atoms with Crippen molar-refractivity contribution in [3.05, 3.63) is 29.8 Å². The molecule has 0 aliphatic carbocycles. The number of ether oxygens (including phenoxy) is 1. The van der Waals surface area contributed by atoms with E-state index in [1.165, 1.54) is 0 Å². The van der Waals surface area contributed by atoms with Gasteiger partial charge in [-0.2, -0.15) is 0 Å². The lowest BCUT2D eigenvalue weighted by Crippen LogP contribution is -2.36. The number of hydrogen-bond acceptors (Lipinski definition) is 4. The van der Waals surface area contributed by atoms with Gasteiger partial charge in [0.25, 0.3) is 0 Å². The van der Waals surface area contributed by atoms with E-state index in [0.29, 0.717) is 24.3 Å². The van der Waals surface area contributed by atoms with Crippen LogP contribution in [0.1, 0.15) is 50.4 Å². The fourth-order valence-electron chi connectivity index (χ4n) is 2.41. The number of benzene rings is 1. The first kappa shape index (κ1) is 18.7. The molecule has 1 rings (SSSR count). The molecule has 0 unspecified atom stereocenters. The van der Waals surface area contributed by atoms with Gasteiger partial charge in [-0.3, -0.25) is 4.79 Å². The highest BCUT2D eigenvalue weighted by Gasteiger charge is 2.11. The van der Waals surface area contributed by atoms with Gasteiger partial charge in [0, 0.05) is 18.5 Å². The van der Waals surface area contributed by atoms with Gasteiger partial charge >= 0.3 is 0 Å². The number of aliphatic hydroxyl groups excluding tert-OH is 1. The minimum atomic E-state index is -0.505. The highest BCUT2D eigenvalue weighted by atomic mass is 16.5. The normalized spacial score (nSPS) is 12.4. The van der Waals surface area contributed by atoms with Crippen LogP contribution in [0.3, 0.4) is 0 Å². The Labute approximate surface area is 134 Å². The SMILES string of the molecule is CCCN(CCC)C[C@H](O)COc1ccc(C(=O)CC)cc1. The van der Waals surface area contributed by atoms with Crippen molar-refractivity contribution in [2.75, 3.05) is 26.2 Å². The van der Waals surface area contributed by atoms with Gasteiger partial charge in [-0.25, -0.2) is 0 Å². The van der Waals surface area contributed by atoms with Crippen molar-refractivity contribution in [2.45, 2.75) is 46.1 Å². The molecule has 0 aliphatic rings. The molecule has 4 heteroatoms. The number of nitrogens with zero attached hydrogens (tertiary/aromatic N) is 1. The third-order valence-corrected chi connectivity index (χ3v) is 3.49. The summed E-state index contributed by atoms with van der Waals surface area (Å²) in [5.74, 6) is 0.811. The lowest BCUT2D eigenvalue weighted by molar-refractivity contribution is 0.0681. The molecule has 1 N–H and O–H groups in total. The van der Waals surface area contributed by atoms with Crippen LogP contribution in [-0.4, -0.2) is 48.1 Å². The van der Waals surface area contributed by atoms with Gasteiger partial charge in [0.2, 0.25) is 0 Å². The first-order chi connectivity index (χ1) is 10.6. The fraction of sp³-hybridized carbons (Fsp3) is 0.611. The smallest absolute Gasteiger partial charge is 0.162 e. The Balaban J connectivity index is 2.42. The number of aliphatic hydroxyl groups is 1. The third kappa shape index (κ3) is 6.58. The quantitative estimate of drug-likeness (QED) is 0.638. The molecule has 1 aromatic rings. The van der Waals surface area contributed by atoms with Crippen LogP contribution in [0.2, 0.25) is 0 Å². The lowest BCUT2D eigenvalue weighted by Gasteiger charge is -2.24. The van der Waals surface area contributed by atoms with Crippen molar-refractivity contribution >= 4 is 5.78 Å². The van der Waals surface area contributed by atoms with Crippen LogP contribution < -0.4 is 4.74 Å². The summed E-state index contributed by atoms with van der Waals surface area (Å²) in [5.41, 5.74) is 0.701. The molecule has 22 heavy (non-hydrogen) atoms. The highest BCUT2D eigenvalue weighted by molar-refractivity contribution is 5.95. The van der Waals surface area contributed by atoms with Crippen LogP contribution in [0.5, 0.6) is 5.75 Å². The summed E-state index contributed by atoms with van der Waals surface area (Å²) in [6, 6.07) is 7.11. The zero-order valence-corrected chi connectivity index (χ0v) is 14.0. The van der Waals surface area contributed by atoms with Crippen LogP contribution in [0.4, 0.5) is 0 Å². The number of hydrogen-bond donors (Lipinski definition) is 1. The predicted molar refractivity (Wildman–Crippen MR) is 89.6 cm³/mol. The maximum Gasteiger partial charge on any atom is 0.162 e. The Morgan fingerprint density at radius 2 is 1.73 bits per heavy atom. The summed E-state index contributed by atoms with van der Waals surface area (Å²) >= 11 is 0. The van der Waals surface area contributed by atoms with Gasteiger partial charge < -0.3 is 14.7 Å². The fourth-order valence-corrected chi connectivity index (χ4v) is 2.41. The minimum absolute atomic E-state index is 0.126. The number of Topliss-reactive ketones (excluding diaryl/α,β-unsaturated/α-hetero) is 1. The number of ketones is 1. The summed E-state index contributed by atoms with van der Waals surface area (Å²) < 4.78 is 5.61. The van der Waals surface area contributed by atoms with Gasteiger partial charge in [0.1, 0.15) is 18.5 Å². The van der Waals surface area contributed by atoms with Gasteiger partial charge in [-0.05, 0) is 50.2 Å². The van der Waals surface area contributed by atoms with E-state index >= 15 is 0 Å². The molecular weight excluding hydrogens is 278 g/mol.